The third-order valence-electron chi connectivity index (χ3n) is 4.24. The van der Waals surface area contributed by atoms with E-state index >= 15 is 0 Å². The van der Waals surface area contributed by atoms with Gasteiger partial charge in [-0.25, -0.2) is 0 Å². The van der Waals surface area contributed by atoms with Crippen LogP contribution in [0.1, 0.15) is 33.6 Å². The third kappa shape index (κ3) is 2.80. The van der Waals surface area contributed by atoms with Gasteiger partial charge >= 0.3 is 0 Å². The Balaban J connectivity index is 1.82. The van der Waals surface area contributed by atoms with Crippen LogP contribution in [0.25, 0.3) is 0 Å². The van der Waals surface area contributed by atoms with Crippen molar-refractivity contribution in [3.63, 3.8) is 0 Å². The van der Waals surface area contributed by atoms with E-state index in [2.05, 4.69) is 26.1 Å². The topological polar surface area (TPSA) is 41.6 Å². The van der Waals surface area contributed by atoms with E-state index in [1.807, 2.05) is 4.90 Å². The summed E-state index contributed by atoms with van der Waals surface area (Å²) in [5.41, 5.74) is -0.125. The van der Waals surface area contributed by atoms with Gasteiger partial charge in [-0.2, -0.15) is 0 Å². The molecule has 17 heavy (non-hydrogen) atoms. The number of hydrogen-bond donors (Lipinski definition) is 1. The summed E-state index contributed by atoms with van der Waals surface area (Å²) in [5, 5.41) is 3.17. The Morgan fingerprint density at radius 1 is 1.47 bits per heavy atom. The Morgan fingerprint density at radius 2 is 2.18 bits per heavy atom. The van der Waals surface area contributed by atoms with Crippen LogP contribution >= 0.6 is 0 Å². The van der Waals surface area contributed by atoms with Gasteiger partial charge in [0.05, 0.1) is 5.60 Å². The molecule has 1 N–H and O–H groups in total. The van der Waals surface area contributed by atoms with Crippen molar-refractivity contribution >= 4 is 5.91 Å². The lowest BCUT2D eigenvalue weighted by molar-refractivity contribution is -0.150. The van der Waals surface area contributed by atoms with Crippen LogP contribution in [-0.2, 0) is 9.53 Å². The Bertz CT molecular complexity index is 289. The summed E-state index contributed by atoms with van der Waals surface area (Å²) >= 11 is 0. The number of piperidine rings is 1. The minimum absolute atomic E-state index is 0.125. The summed E-state index contributed by atoms with van der Waals surface area (Å²) in [7, 11) is 0. The fourth-order valence-electron chi connectivity index (χ4n) is 2.59. The normalized spacial score (nSPS) is 32.1. The van der Waals surface area contributed by atoms with Gasteiger partial charge in [0.2, 0.25) is 5.91 Å². The first-order valence-electron chi connectivity index (χ1n) is 6.66. The van der Waals surface area contributed by atoms with Gasteiger partial charge in [0.25, 0.3) is 0 Å². The fraction of sp³-hybridized carbons (Fsp3) is 0.923. The van der Waals surface area contributed by atoms with Crippen molar-refractivity contribution in [2.75, 3.05) is 26.2 Å². The summed E-state index contributed by atoms with van der Waals surface area (Å²) in [6, 6.07) is 0.354. The van der Waals surface area contributed by atoms with Crippen LogP contribution in [-0.4, -0.2) is 48.7 Å². The maximum absolute atomic E-state index is 12.1. The lowest BCUT2D eigenvalue weighted by Crippen LogP contribution is -2.60. The number of carbonyl (C=O) groups is 1. The molecule has 0 aromatic carbocycles. The highest BCUT2D eigenvalue weighted by Gasteiger charge is 2.35. The zero-order valence-electron chi connectivity index (χ0n) is 11.2. The van der Waals surface area contributed by atoms with Crippen LogP contribution in [0, 0.1) is 5.92 Å². The van der Waals surface area contributed by atoms with E-state index in [0.717, 1.165) is 26.1 Å². The first-order valence-corrected chi connectivity index (χ1v) is 6.66. The van der Waals surface area contributed by atoms with Crippen LogP contribution in [0.5, 0.6) is 0 Å². The first kappa shape index (κ1) is 12.8. The summed E-state index contributed by atoms with van der Waals surface area (Å²) in [6.07, 6.45) is 2.35. The minimum atomic E-state index is -0.125. The maximum Gasteiger partial charge on any atom is 0.248 e. The molecule has 1 amide bonds. The lowest BCUT2D eigenvalue weighted by atomic mass is 9.92. The number of hydrogen-bond acceptors (Lipinski definition) is 3. The van der Waals surface area contributed by atoms with Crippen molar-refractivity contribution in [3.05, 3.63) is 0 Å². The van der Waals surface area contributed by atoms with Gasteiger partial charge in [-0.1, -0.05) is 6.92 Å². The predicted octanol–water partition coefficient (Wildman–Crippen LogP) is 1.01. The highest BCUT2D eigenvalue weighted by atomic mass is 16.5. The lowest BCUT2D eigenvalue weighted by Gasteiger charge is -2.41. The van der Waals surface area contributed by atoms with Crippen LogP contribution < -0.4 is 5.32 Å². The van der Waals surface area contributed by atoms with E-state index in [9.17, 15) is 4.79 Å². The highest BCUT2D eigenvalue weighted by Crippen LogP contribution is 2.23. The number of rotatable bonds is 3. The molecule has 2 saturated heterocycles. The van der Waals surface area contributed by atoms with Crippen molar-refractivity contribution in [2.24, 2.45) is 5.92 Å². The van der Waals surface area contributed by atoms with Gasteiger partial charge < -0.3 is 15.0 Å². The second kappa shape index (κ2) is 4.94. The number of amides is 1. The zero-order valence-corrected chi connectivity index (χ0v) is 11.2. The molecule has 2 heterocycles. The van der Waals surface area contributed by atoms with Crippen molar-refractivity contribution in [1.29, 1.82) is 0 Å². The first-order chi connectivity index (χ1) is 8.02. The molecule has 0 aromatic heterocycles. The summed E-state index contributed by atoms with van der Waals surface area (Å²) in [6.45, 7) is 9.26. The molecule has 0 spiro atoms. The molecule has 0 aliphatic carbocycles. The zero-order chi connectivity index (χ0) is 12.5. The smallest absolute Gasteiger partial charge is 0.248 e. The number of ether oxygens (including phenoxy) is 1. The molecular weight excluding hydrogens is 216 g/mol. The Hall–Kier alpha value is -0.610. The number of nitrogens with one attached hydrogen (secondary N) is 1. The van der Waals surface area contributed by atoms with E-state index < -0.39 is 0 Å². The SMILES string of the molecule is CC1CCCN(C(=O)COC2(C)CNC2)C1C. The second-order valence-electron chi connectivity index (χ2n) is 5.79. The molecule has 0 aromatic rings. The molecule has 4 heteroatoms. The fourth-order valence-corrected chi connectivity index (χ4v) is 2.59. The molecule has 0 saturated carbocycles. The van der Waals surface area contributed by atoms with Crippen molar-refractivity contribution in [1.82, 2.24) is 10.2 Å². The average molecular weight is 240 g/mol. The van der Waals surface area contributed by atoms with E-state index in [1.54, 1.807) is 0 Å². The summed E-state index contributed by atoms with van der Waals surface area (Å²) in [5.74, 6) is 0.755. The molecule has 0 radical (unpaired) electrons. The second-order valence-corrected chi connectivity index (χ2v) is 5.79. The molecule has 2 aliphatic rings. The number of likely N-dealkylation sites (tertiary alicyclic amines) is 1. The highest BCUT2D eigenvalue weighted by molar-refractivity contribution is 5.78. The Kier molecular flexibility index (Phi) is 3.73. The molecule has 2 rings (SSSR count). The van der Waals surface area contributed by atoms with Gasteiger partial charge in [0, 0.05) is 25.7 Å². The molecular formula is C13H24N2O2. The molecule has 98 valence electrons. The number of nitrogens with zero attached hydrogens (tertiary/aromatic N) is 1. The van der Waals surface area contributed by atoms with Gasteiger partial charge in [-0.3, -0.25) is 4.79 Å². The van der Waals surface area contributed by atoms with Crippen molar-refractivity contribution in [2.45, 2.75) is 45.3 Å². The van der Waals surface area contributed by atoms with Crippen LogP contribution in [0.15, 0.2) is 0 Å². The molecule has 2 unspecified atom stereocenters. The standard InChI is InChI=1S/C13H24N2O2/c1-10-5-4-6-15(11(10)2)12(16)7-17-13(3)8-14-9-13/h10-11,14H,4-9H2,1-3H3. The Morgan fingerprint density at radius 3 is 2.76 bits per heavy atom. The average Bonchev–Trinajstić information content (AvgIpc) is 2.27. The van der Waals surface area contributed by atoms with Crippen LogP contribution in [0.2, 0.25) is 0 Å². The van der Waals surface area contributed by atoms with Gasteiger partial charge in [-0.15, -0.1) is 0 Å². The van der Waals surface area contributed by atoms with Crippen LogP contribution in [0.4, 0.5) is 0 Å². The summed E-state index contributed by atoms with van der Waals surface area (Å²) in [4.78, 5) is 14.1. The van der Waals surface area contributed by atoms with Crippen LogP contribution in [0.3, 0.4) is 0 Å². The molecule has 2 aliphatic heterocycles. The predicted molar refractivity (Wildman–Crippen MR) is 66.8 cm³/mol. The van der Waals surface area contributed by atoms with E-state index in [-0.39, 0.29) is 18.1 Å². The maximum atomic E-state index is 12.1. The van der Waals surface area contributed by atoms with Gasteiger partial charge in [0.1, 0.15) is 6.61 Å². The largest absolute Gasteiger partial charge is 0.363 e. The monoisotopic (exact) mass is 240 g/mol. The van der Waals surface area contributed by atoms with E-state index in [4.69, 9.17) is 4.74 Å². The number of carbonyl (C=O) groups excluding carboxylic acids is 1. The van der Waals surface area contributed by atoms with E-state index in [1.165, 1.54) is 6.42 Å². The molecule has 0 bridgehead atoms. The van der Waals surface area contributed by atoms with Gasteiger partial charge in [0.15, 0.2) is 0 Å². The molecule has 2 fully saturated rings. The van der Waals surface area contributed by atoms with Crippen molar-refractivity contribution < 1.29 is 9.53 Å². The third-order valence-corrected chi connectivity index (χ3v) is 4.24. The van der Waals surface area contributed by atoms with Gasteiger partial charge in [-0.05, 0) is 32.6 Å². The minimum Gasteiger partial charge on any atom is -0.363 e. The quantitative estimate of drug-likeness (QED) is 0.800. The molecule has 2 atom stereocenters. The van der Waals surface area contributed by atoms with E-state index in [0.29, 0.717) is 12.0 Å². The Labute approximate surface area is 104 Å². The van der Waals surface area contributed by atoms with Crippen molar-refractivity contribution in [3.8, 4) is 0 Å². The molecule has 4 nitrogen and oxygen atoms in total. The summed E-state index contributed by atoms with van der Waals surface area (Å²) < 4.78 is 5.71.